The number of amides is 2. The fraction of sp³-hybridized carbons (Fsp3) is 0.389. The van der Waals surface area contributed by atoms with E-state index in [1.54, 1.807) is 29.3 Å². The second-order valence-electron chi connectivity index (χ2n) is 7.18. The number of hydrogen-bond acceptors (Lipinski definition) is 5. The van der Waals surface area contributed by atoms with Crippen LogP contribution in [0.5, 0.6) is 0 Å². The lowest BCUT2D eigenvalue weighted by Crippen LogP contribution is -2.42. The van der Waals surface area contributed by atoms with E-state index >= 15 is 0 Å². The third-order valence-electron chi connectivity index (χ3n) is 4.30. The van der Waals surface area contributed by atoms with Crippen molar-refractivity contribution in [2.45, 2.75) is 32.7 Å². The lowest BCUT2D eigenvalue weighted by molar-refractivity contribution is -0.131. The van der Waals surface area contributed by atoms with Crippen molar-refractivity contribution in [2.24, 2.45) is 5.92 Å². The van der Waals surface area contributed by atoms with Gasteiger partial charge in [0.2, 0.25) is 11.8 Å². The number of nitrogens with zero attached hydrogens (tertiary/aromatic N) is 5. The van der Waals surface area contributed by atoms with Crippen molar-refractivity contribution >= 4 is 17.6 Å². The van der Waals surface area contributed by atoms with Gasteiger partial charge >= 0.3 is 0 Å². The van der Waals surface area contributed by atoms with Crippen LogP contribution in [0.3, 0.4) is 0 Å². The molecule has 3 rings (SSSR count). The quantitative estimate of drug-likeness (QED) is 0.906. The van der Waals surface area contributed by atoms with E-state index in [2.05, 4.69) is 15.4 Å². The Morgan fingerprint density at radius 3 is 2.73 bits per heavy atom. The number of carbonyl (C=O) groups excluding carboxylic acids is 2. The van der Waals surface area contributed by atoms with Crippen LogP contribution in [-0.2, 0) is 9.59 Å². The number of anilines is 1. The maximum Gasteiger partial charge on any atom is 0.230 e. The summed E-state index contributed by atoms with van der Waals surface area (Å²) in [6.45, 7) is 6.17. The first kappa shape index (κ1) is 17.6. The van der Waals surface area contributed by atoms with E-state index in [9.17, 15) is 14.9 Å². The van der Waals surface area contributed by atoms with Crippen LogP contribution in [0.2, 0.25) is 0 Å². The first-order chi connectivity index (χ1) is 12.3. The van der Waals surface area contributed by atoms with E-state index in [-0.39, 0.29) is 35.2 Å². The standard InChI is InChI=1S/C18H20N6O2/c1-18(2,3)23-11-12(8-15(23)25)17(26)22-16-13(9-19)10-21-24(16)14-6-4-5-7-20-14/h4-7,10,12H,8,11H2,1-3H3,(H,22,26). The van der Waals surface area contributed by atoms with E-state index in [0.717, 1.165) is 0 Å². The summed E-state index contributed by atoms with van der Waals surface area (Å²) in [5, 5.41) is 16.2. The van der Waals surface area contributed by atoms with Crippen LogP contribution >= 0.6 is 0 Å². The summed E-state index contributed by atoms with van der Waals surface area (Å²) < 4.78 is 1.41. The highest BCUT2D eigenvalue weighted by molar-refractivity contribution is 5.97. The van der Waals surface area contributed by atoms with Crippen LogP contribution < -0.4 is 5.32 Å². The van der Waals surface area contributed by atoms with Crippen LogP contribution in [0, 0.1) is 17.2 Å². The lowest BCUT2D eigenvalue weighted by atomic mass is 10.1. The third-order valence-corrected chi connectivity index (χ3v) is 4.30. The highest BCUT2D eigenvalue weighted by Gasteiger charge is 2.39. The summed E-state index contributed by atoms with van der Waals surface area (Å²) in [6, 6.07) is 7.30. The number of rotatable bonds is 3. The average Bonchev–Trinajstić information content (AvgIpc) is 3.18. The molecule has 1 unspecified atom stereocenters. The number of nitrogens with one attached hydrogen (secondary N) is 1. The zero-order valence-corrected chi connectivity index (χ0v) is 14.9. The summed E-state index contributed by atoms with van der Waals surface area (Å²) in [6.07, 6.45) is 3.14. The molecule has 2 aromatic heterocycles. The second kappa shape index (κ2) is 6.59. The van der Waals surface area contributed by atoms with Crippen molar-refractivity contribution in [2.75, 3.05) is 11.9 Å². The fourth-order valence-corrected chi connectivity index (χ4v) is 2.95. The van der Waals surface area contributed by atoms with Crippen LogP contribution in [-0.4, -0.2) is 43.6 Å². The van der Waals surface area contributed by atoms with Gasteiger partial charge in [-0.15, -0.1) is 0 Å². The fourth-order valence-electron chi connectivity index (χ4n) is 2.95. The predicted octanol–water partition coefficient (Wildman–Crippen LogP) is 1.72. The summed E-state index contributed by atoms with van der Waals surface area (Å²) in [5.41, 5.74) is -0.0966. The van der Waals surface area contributed by atoms with Crippen LogP contribution in [0.25, 0.3) is 5.82 Å². The molecular formula is C18H20N6O2. The van der Waals surface area contributed by atoms with Crippen LogP contribution in [0.4, 0.5) is 5.82 Å². The van der Waals surface area contributed by atoms with Crippen molar-refractivity contribution in [3.63, 3.8) is 0 Å². The van der Waals surface area contributed by atoms with Gasteiger partial charge in [-0.2, -0.15) is 15.0 Å². The SMILES string of the molecule is CC(C)(C)N1CC(C(=O)Nc2c(C#N)cnn2-c2ccccn2)CC1=O. The van der Waals surface area contributed by atoms with Gasteiger partial charge < -0.3 is 10.2 Å². The molecule has 8 heteroatoms. The Bertz CT molecular complexity index is 875. The minimum Gasteiger partial charge on any atom is -0.337 e. The minimum absolute atomic E-state index is 0.0450. The first-order valence-corrected chi connectivity index (χ1v) is 8.32. The number of nitriles is 1. The molecule has 0 aliphatic carbocycles. The monoisotopic (exact) mass is 352 g/mol. The lowest BCUT2D eigenvalue weighted by Gasteiger charge is -2.31. The van der Waals surface area contributed by atoms with Crippen molar-refractivity contribution < 1.29 is 9.59 Å². The van der Waals surface area contributed by atoms with E-state index in [1.165, 1.54) is 10.9 Å². The molecule has 2 aromatic rings. The molecular weight excluding hydrogens is 332 g/mol. The summed E-state index contributed by atoms with van der Waals surface area (Å²) in [4.78, 5) is 30.8. The maximum absolute atomic E-state index is 12.7. The van der Waals surface area contributed by atoms with Crippen molar-refractivity contribution in [1.82, 2.24) is 19.7 Å². The summed E-state index contributed by atoms with van der Waals surface area (Å²) in [7, 11) is 0. The summed E-state index contributed by atoms with van der Waals surface area (Å²) >= 11 is 0. The molecule has 0 bridgehead atoms. The highest BCUT2D eigenvalue weighted by Crippen LogP contribution is 2.27. The molecule has 1 aliphatic heterocycles. The Morgan fingerprint density at radius 1 is 1.38 bits per heavy atom. The van der Waals surface area contributed by atoms with Gasteiger partial charge in [0, 0.05) is 24.7 Å². The van der Waals surface area contributed by atoms with E-state index in [4.69, 9.17) is 0 Å². The number of aromatic nitrogens is 3. The van der Waals surface area contributed by atoms with E-state index in [0.29, 0.717) is 12.4 Å². The molecule has 1 atom stereocenters. The van der Waals surface area contributed by atoms with Gasteiger partial charge in [0.1, 0.15) is 11.6 Å². The van der Waals surface area contributed by atoms with Crippen molar-refractivity contribution in [3.05, 3.63) is 36.2 Å². The number of carbonyl (C=O) groups is 2. The molecule has 0 aromatic carbocycles. The van der Waals surface area contributed by atoms with E-state index < -0.39 is 5.92 Å². The molecule has 8 nitrogen and oxygen atoms in total. The van der Waals surface area contributed by atoms with Gasteiger partial charge in [0.25, 0.3) is 0 Å². The van der Waals surface area contributed by atoms with Crippen LogP contribution in [0.1, 0.15) is 32.8 Å². The smallest absolute Gasteiger partial charge is 0.230 e. The molecule has 134 valence electrons. The van der Waals surface area contributed by atoms with Gasteiger partial charge in [-0.05, 0) is 32.9 Å². The van der Waals surface area contributed by atoms with Crippen molar-refractivity contribution in [1.29, 1.82) is 5.26 Å². The third kappa shape index (κ3) is 3.28. The highest BCUT2D eigenvalue weighted by atomic mass is 16.2. The Kier molecular flexibility index (Phi) is 4.47. The Labute approximate surface area is 151 Å². The second-order valence-corrected chi connectivity index (χ2v) is 7.18. The predicted molar refractivity (Wildman–Crippen MR) is 94.3 cm³/mol. The number of likely N-dealkylation sites (tertiary alicyclic amines) is 1. The molecule has 1 aliphatic rings. The Balaban J connectivity index is 1.84. The van der Waals surface area contributed by atoms with Gasteiger partial charge in [-0.1, -0.05) is 6.07 Å². The zero-order valence-electron chi connectivity index (χ0n) is 14.9. The molecule has 2 amide bonds. The van der Waals surface area contributed by atoms with Gasteiger partial charge in [-0.25, -0.2) is 4.98 Å². The molecule has 0 spiro atoms. The van der Waals surface area contributed by atoms with Gasteiger partial charge in [-0.3, -0.25) is 9.59 Å². The molecule has 1 N–H and O–H groups in total. The van der Waals surface area contributed by atoms with Gasteiger partial charge in [0.15, 0.2) is 11.6 Å². The minimum atomic E-state index is -0.472. The van der Waals surface area contributed by atoms with Gasteiger partial charge in [0.05, 0.1) is 12.1 Å². The molecule has 1 fully saturated rings. The first-order valence-electron chi connectivity index (χ1n) is 8.32. The van der Waals surface area contributed by atoms with Crippen LogP contribution in [0.15, 0.2) is 30.6 Å². The van der Waals surface area contributed by atoms with Crippen molar-refractivity contribution in [3.8, 4) is 11.9 Å². The molecule has 0 radical (unpaired) electrons. The molecule has 3 heterocycles. The summed E-state index contributed by atoms with van der Waals surface area (Å²) in [5.74, 6) is -0.0722. The average molecular weight is 352 g/mol. The Morgan fingerprint density at radius 2 is 2.15 bits per heavy atom. The zero-order chi connectivity index (χ0) is 18.9. The number of pyridine rings is 1. The molecule has 0 saturated carbocycles. The molecule has 1 saturated heterocycles. The topological polar surface area (TPSA) is 104 Å². The largest absolute Gasteiger partial charge is 0.337 e. The molecule has 26 heavy (non-hydrogen) atoms. The maximum atomic E-state index is 12.7. The Hall–Kier alpha value is -3.21. The van der Waals surface area contributed by atoms with E-state index in [1.807, 2.05) is 26.8 Å². The number of hydrogen-bond donors (Lipinski definition) is 1. The normalized spacial score (nSPS) is 17.2.